The van der Waals surface area contributed by atoms with Gasteiger partial charge in [0.1, 0.15) is 0 Å². The van der Waals surface area contributed by atoms with Crippen molar-refractivity contribution in [1.29, 1.82) is 0 Å². The van der Waals surface area contributed by atoms with Gasteiger partial charge in [-0.2, -0.15) is 0 Å². The van der Waals surface area contributed by atoms with Gasteiger partial charge >= 0.3 is 5.97 Å². The number of cyclic esters (lactones) is 1. The van der Waals surface area contributed by atoms with E-state index in [9.17, 15) is 4.79 Å². The van der Waals surface area contributed by atoms with Crippen LogP contribution in [0.3, 0.4) is 0 Å². The molecule has 0 N–H and O–H groups in total. The van der Waals surface area contributed by atoms with Gasteiger partial charge < -0.3 is 23.7 Å². The van der Waals surface area contributed by atoms with Crippen LogP contribution >= 0.6 is 0 Å². The molecule has 3 aliphatic rings. The molecule has 0 aliphatic carbocycles. The van der Waals surface area contributed by atoms with E-state index >= 15 is 0 Å². The number of rotatable bonds is 4. The summed E-state index contributed by atoms with van der Waals surface area (Å²) in [5.74, 6) is 2.85. The summed E-state index contributed by atoms with van der Waals surface area (Å²) < 4.78 is 26.9. The first-order valence-corrected chi connectivity index (χ1v) is 8.70. The molecule has 1 unspecified atom stereocenters. The van der Waals surface area contributed by atoms with E-state index in [1.54, 1.807) is 0 Å². The zero-order valence-corrected chi connectivity index (χ0v) is 14.1. The largest absolute Gasteiger partial charge is 0.465 e. The van der Waals surface area contributed by atoms with Crippen molar-refractivity contribution in [3.63, 3.8) is 0 Å². The minimum absolute atomic E-state index is 0.131. The zero-order valence-electron chi connectivity index (χ0n) is 14.1. The van der Waals surface area contributed by atoms with E-state index in [2.05, 4.69) is 0 Å². The molecule has 2 atom stereocenters. The van der Waals surface area contributed by atoms with Crippen LogP contribution < -0.4 is 18.9 Å². The highest BCUT2D eigenvalue weighted by molar-refractivity contribution is 5.75. The van der Waals surface area contributed by atoms with Gasteiger partial charge in [0, 0.05) is 5.92 Å². The quantitative estimate of drug-likeness (QED) is 0.787. The number of carbonyl (C=O) groups is 1. The summed E-state index contributed by atoms with van der Waals surface area (Å²) in [4.78, 5) is 12.3. The fourth-order valence-electron chi connectivity index (χ4n) is 3.75. The van der Waals surface area contributed by atoms with Crippen molar-refractivity contribution in [2.45, 2.75) is 12.8 Å². The SMILES string of the molecule is O=C1OCC(Cc2ccc3c(c2)OCO3)[C@H]1Cc1ccc2c(c1)OCO2. The maximum Gasteiger partial charge on any atom is 0.309 e. The third kappa shape index (κ3) is 2.71. The summed E-state index contributed by atoms with van der Waals surface area (Å²) >= 11 is 0. The lowest BCUT2D eigenvalue weighted by Crippen LogP contribution is -2.20. The Labute approximate surface area is 150 Å². The van der Waals surface area contributed by atoms with E-state index in [0.717, 1.165) is 40.5 Å². The van der Waals surface area contributed by atoms with E-state index in [1.165, 1.54) is 0 Å². The number of benzene rings is 2. The van der Waals surface area contributed by atoms with Crippen LogP contribution in [0.5, 0.6) is 23.0 Å². The highest BCUT2D eigenvalue weighted by Gasteiger charge is 2.37. The second-order valence-corrected chi connectivity index (χ2v) is 6.78. The average Bonchev–Trinajstić information content (AvgIpc) is 3.37. The van der Waals surface area contributed by atoms with Gasteiger partial charge in [0.2, 0.25) is 13.6 Å². The van der Waals surface area contributed by atoms with Gasteiger partial charge in [0.05, 0.1) is 12.5 Å². The second-order valence-electron chi connectivity index (χ2n) is 6.78. The van der Waals surface area contributed by atoms with E-state index in [-0.39, 0.29) is 31.4 Å². The van der Waals surface area contributed by atoms with Gasteiger partial charge in [0.25, 0.3) is 0 Å². The summed E-state index contributed by atoms with van der Waals surface area (Å²) in [6.07, 6.45) is 1.39. The van der Waals surface area contributed by atoms with Gasteiger partial charge in [-0.05, 0) is 48.2 Å². The van der Waals surface area contributed by atoms with Crippen LogP contribution in [0.25, 0.3) is 0 Å². The Kier molecular flexibility index (Phi) is 3.62. The molecular formula is C20H18O6. The summed E-state index contributed by atoms with van der Waals surface area (Å²) in [7, 11) is 0. The summed E-state index contributed by atoms with van der Waals surface area (Å²) in [6, 6.07) is 11.8. The molecule has 1 fully saturated rings. The van der Waals surface area contributed by atoms with Gasteiger partial charge in [0.15, 0.2) is 23.0 Å². The van der Waals surface area contributed by atoms with Gasteiger partial charge in [-0.3, -0.25) is 4.79 Å². The van der Waals surface area contributed by atoms with Crippen LogP contribution in [-0.2, 0) is 22.4 Å². The third-order valence-corrected chi connectivity index (χ3v) is 5.14. The van der Waals surface area contributed by atoms with Gasteiger partial charge in [-0.25, -0.2) is 0 Å². The van der Waals surface area contributed by atoms with E-state index < -0.39 is 0 Å². The van der Waals surface area contributed by atoms with Crippen molar-refractivity contribution in [3.05, 3.63) is 47.5 Å². The standard InChI is InChI=1S/C20H18O6/c21-20-15(6-13-2-4-17-19(8-13)26-11-24-17)14(9-22-20)5-12-1-3-16-18(7-12)25-10-23-16/h1-4,7-8,14-15H,5-6,9-11H2/t14?,15-/m1/s1. The molecule has 6 heteroatoms. The van der Waals surface area contributed by atoms with E-state index in [1.807, 2.05) is 36.4 Å². The molecule has 6 nitrogen and oxygen atoms in total. The number of esters is 1. The first-order valence-electron chi connectivity index (χ1n) is 8.70. The van der Waals surface area contributed by atoms with E-state index in [4.69, 9.17) is 23.7 Å². The van der Waals surface area contributed by atoms with Crippen molar-refractivity contribution >= 4 is 5.97 Å². The Hall–Kier alpha value is -2.89. The highest BCUT2D eigenvalue weighted by atomic mass is 16.7. The normalized spacial score (nSPS) is 22.5. The smallest absolute Gasteiger partial charge is 0.309 e. The number of hydrogen-bond donors (Lipinski definition) is 0. The molecule has 134 valence electrons. The maximum atomic E-state index is 12.3. The molecule has 0 aromatic heterocycles. The number of ether oxygens (including phenoxy) is 5. The van der Waals surface area contributed by atoms with Crippen LogP contribution in [0.15, 0.2) is 36.4 Å². The minimum atomic E-state index is -0.166. The molecule has 0 bridgehead atoms. The van der Waals surface area contributed by atoms with Crippen molar-refractivity contribution in [3.8, 4) is 23.0 Å². The number of hydrogen-bond acceptors (Lipinski definition) is 6. The predicted octanol–water partition coefficient (Wildman–Crippen LogP) is 2.72. The first-order chi connectivity index (χ1) is 12.8. The van der Waals surface area contributed by atoms with E-state index in [0.29, 0.717) is 13.0 Å². The summed E-state index contributed by atoms with van der Waals surface area (Å²) in [5.41, 5.74) is 2.17. The molecule has 0 radical (unpaired) electrons. The number of fused-ring (bicyclic) bond motifs is 2. The van der Waals surface area contributed by atoms with Crippen LogP contribution in [0.2, 0.25) is 0 Å². The third-order valence-electron chi connectivity index (χ3n) is 5.14. The molecular weight excluding hydrogens is 336 g/mol. The molecule has 2 aromatic rings. The van der Waals surface area contributed by atoms with Crippen LogP contribution in [-0.4, -0.2) is 26.2 Å². The Morgan fingerprint density at radius 2 is 1.31 bits per heavy atom. The van der Waals surface area contributed by atoms with Gasteiger partial charge in [-0.15, -0.1) is 0 Å². The molecule has 26 heavy (non-hydrogen) atoms. The topological polar surface area (TPSA) is 63.2 Å². The lowest BCUT2D eigenvalue weighted by atomic mass is 9.85. The van der Waals surface area contributed by atoms with Crippen molar-refractivity contribution < 1.29 is 28.5 Å². The Morgan fingerprint density at radius 3 is 1.96 bits per heavy atom. The molecule has 1 saturated heterocycles. The van der Waals surface area contributed by atoms with Crippen LogP contribution in [0, 0.1) is 11.8 Å². The average molecular weight is 354 g/mol. The lowest BCUT2D eigenvalue weighted by Gasteiger charge is -2.16. The molecule has 0 saturated carbocycles. The van der Waals surface area contributed by atoms with Crippen molar-refractivity contribution in [1.82, 2.24) is 0 Å². The molecule has 3 heterocycles. The van der Waals surface area contributed by atoms with Gasteiger partial charge in [-0.1, -0.05) is 12.1 Å². The molecule has 0 spiro atoms. The Bertz CT molecular complexity index is 861. The summed E-state index contributed by atoms with van der Waals surface area (Å²) in [5, 5.41) is 0. The highest BCUT2D eigenvalue weighted by Crippen LogP contribution is 2.37. The lowest BCUT2D eigenvalue weighted by molar-refractivity contribution is -0.141. The molecule has 0 amide bonds. The van der Waals surface area contributed by atoms with Crippen LogP contribution in [0.4, 0.5) is 0 Å². The summed E-state index contributed by atoms with van der Waals surface area (Å²) in [6.45, 7) is 0.954. The monoisotopic (exact) mass is 354 g/mol. The molecule has 2 aromatic carbocycles. The maximum absolute atomic E-state index is 12.3. The Morgan fingerprint density at radius 1 is 0.731 bits per heavy atom. The Balaban J connectivity index is 1.33. The van der Waals surface area contributed by atoms with Crippen molar-refractivity contribution in [2.24, 2.45) is 11.8 Å². The zero-order chi connectivity index (χ0) is 17.5. The first kappa shape index (κ1) is 15.4. The van der Waals surface area contributed by atoms with Crippen molar-refractivity contribution in [2.75, 3.05) is 20.2 Å². The predicted molar refractivity (Wildman–Crippen MR) is 90.5 cm³/mol. The second kappa shape index (κ2) is 6.12. The fraction of sp³-hybridized carbons (Fsp3) is 0.350. The fourth-order valence-corrected chi connectivity index (χ4v) is 3.75. The molecule has 5 rings (SSSR count). The number of carbonyl (C=O) groups excluding carboxylic acids is 1. The molecule has 3 aliphatic heterocycles. The van der Waals surface area contributed by atoms with Crippen LogP contribution in [0.1, 0.15) is 11.1 Å². The minimum Gasteiger partial charge on any atom is -0.465 e.